The van der Waals surface area contributed by atoms with Crippen LogP contribution in [-0.2, 0) is 19.7 Å². The molecule has 0 spiro atoms. The van der Waals surface area contributed by atoms with Crippen LogP contribution >= 0.6 is 15.9 Å². The van der Waals surface area contributed by atoms with Crippen LogP contribution in [0.2, 0.25) is 0 Å². The van der Waals surface area contributed by atoms with Gasteiger partial charge in [0, 0.05) is 6.54 Å². The molecule has 0 aliphatic carbocycles. The second-order valence-electron chi connectivity index (χ2n) is 7.13. The number of nitrogens with one attached hydrogen (secondary N) is 2. The number of ether oxygens (including phenoxy) is 2. The predicted octanol–water partition coefficient (Wildman–Crippen LogP) is 5.51. The molecule has 154 valence electrons. The summed E-state index contributed by atoms with van der Waals surface area (Å²) in [6.45, 7) is 3.91. The van der Waals surface area contributed by atoms with Gasteiger partial charge < -0.3 is 19.8 Å². The van der Waals surface area contributed by atoms with Gasteiger partial charge in [-0.1, -0.05) is 36.4 Å². The van der Waals surface area contributed by atoms with E-state index in [1.807, 2.05) is 42.5 Å². The number of hydrogen-bond donors (Lipinski definition) is 2. The highest BCUT2D eigenvalue weighted by Gasteiger charge is 2.13. The van der Waals surface area contributed by atoms with Crippen LogP contribution in [0.4, 0.5) is 0 Å². The van der Waals surface area contributed by atoms with E-state index >= 15 is 0 Å². The topological polar surface area (TPSA) is 59.2 Å². The van der Waals surface area contributed by atoms with Crippen molar-refractivity contribution >= 4 is 27.0 Å². The Morgan fingerprint density at radius 1 is 1.03 bits per heavy atom. The molecule has 0 radical (unpaired) electrons. The second kappa shape index (κ2) is 9.32. The van der Waals surface area contributed by atoms with Crippen molar-refractivity contribution in [1.29, 1.82) is 0 Å². The molecular weight excluding hydrogens is 442 g/mol. The van der Waals surface area contributed by atoms with Gasteiger partial charge in [-0.3, -0.25) is 0 Å². The molecule has 4 aromatic rings. The molecule has 0 aliphatic rings. The minimum atomic E-state index is 0.491. The first kappa shape index (κ1) is 20.4. The SMILES string of the molecule is COc1cc(CNCc2nc3ccccc3[nH]2)cc(Br)c1OCc1ccccc1C. The molecule has 0 atom stereocenters. The molecule has 0 saturated carbocycles. The summed E-state index contributed by atoms with van der Waals surface area (Å²) in [7, 11) is 1.66. The highest BCUT2D eigenvalue weighted by atomic mass is 79.9. The van der Waals surface area contributed by atoms with Crippen LogP contribution in [0.3, 0.4) is 0 Å². The van der Waals surface area contributed by atoms with E-state index in [4.69, 9.17) is 9.47 Å². The lowest BCUT2D eigenvalue weighted by molar-refractivity contribution is 0.281. The van der Waals surface area contributed by atoms with Crippen LogP contribution in [0.1, 0.15) is 22.5 Å². The van der Waals surface area contributed by atoms with Crippen molar-refractivity contribution in [3.8, 4) is 11.5 Å². The second-order valence-corrected chi connectivity index (χ2v) is 7.98. The Hall–Kier alpha value is -2.83. The molecule has 6 heteroatoms. The van der Waals surface area contributed by atoms with Crippen molar-refractivity contribution in [2.45, 2.75) is 26.6 Å². The van der Waals surface area contributed by atoms with Crippen LogP contribution in [0.15, 0.2) is 65.1 Å². The molecular formula is C24H24BrN3O2. The number of H-pyrrole nitrogens is 1. The first-order valence-corrected chi connectivity index (χ1v) is 10.6. The van der Waals surface area contributed by atoms with Gasteiger partial charge in [-0.05, 0) is 63.8 Å². The number of fused-ring (bicyclic) bond motifs is 1. The fourth-order valence-corrected chi connectivity index (χ4v) is 3.96. The van der Waals surface area contributed by atoms with E-state index in [0.29, 0.717) is 31.2 Å². The lowest BCUT2D eigenvalue weighted by atomic mass is 10.1. The van der Waals surface area contributed by atoms with Gasteiger partial charge in [0.25, 0.3) is 0 Å². The zero-order valence-corrected chi connectivity index (χ0v) is 18.6. The number of aromatic amines is 1. The van der Waals surface area contributed by atoms with Gasteiger partial charge in [0.05, 0.1) is 29.2 Å². The Bertz CT molecular complexity index is 1120. The molecule has 0 unspecified atom stereocenters. The van der Waals surface area contributed by atoms with E-state index in [2.05, 4.69) is 56.3 Å². The average Bonchev–Trinajstić information content (AvgIpc) is 3.16. The number of para-hydroxylation sites is 2. The zero-order valence-electron chi connectivity index (χ0n) is 17.0. The minimum absolute atomic E-state index is 0.491. The maximum absolute atomic E-state index is 6.08. The van der Waals surface area contributed by atoms with Crippen molar-refractivity contribution < 1.29 is 9.47 Å². The molecule has 0 fully saturated rings. The van der Waals surface area contributed by atoms with Crippen LogP contribution in [0.25, 0.3) is 11.0 Å². The summed E-state index contributed by atoms with van der Waals surface area (Å²) in [5.41, 5.74) is 5.49. The van der Waals surface area contributed by atoms with Crippen molar-refractivity contribution in [2.75, 3.05) is 7.11 Å². The molecule has 1 aromatic heterocycles. The van der Waals surface area contributed by atoms with Crippen LogP contribution < -0.4 is 14.8 Å². The number of benzene rings is 3. The molecule has 1 heterocycles. The van der Waals surface area contributed by atoms with E-state index < -0.39 is 0 Å². The number of halogens is 1. The first-order valence-electron chi connectivity index (χ1n) is 9.82. The summed E-state index contributed by atoms with van der Waals surface area (Å²) in [6.07, 6.45) is 0. The number of aryl methyl sites for hydroxylation is 1. The fourth-order valence-electron chi connectivity index (χ4n) is 3.35. The smallest absolute Gasteiger partial charge is 0.175 e. The van der Waals surface area contributed by atoms with E-state index in [0.717, 1.165) is 32.5 Å². The largest absolute Gasteiger partial charge is 0.493 e. The lowest BCUT2D eigenvalue weighted by Crippen LogP contribution is -2.14. The highest BCUT2D eigenvalue weighted by molar-refractivity contribution is 9.10. The number of imidazole rings is 1. The Morgan fingerprint density at radius 2 is 1.83 bits per heavy atom. The van der Waals surface area contributed by atoms with E-state index in [1.54, 1.807) is 7.11 Å². The van der Waals surface area contributed by atoms with Gasteiger partial charge in [-0.15, -0.1) is 0 Å². The molecule has 0 amide bonds. The maximum Gasteiger partial charge on any atom is 0.175 e. The minimum Gasteiger partial charge on any atom is -0.493 e. The van der Waals surface area contributed by atoms with E-state index in [1.165, 1.54) is 5.56 Å². The Morgan fingerprint density at radius 3 is 2.63 bits per heavy atom. The molecule has 30 heavy (non-hydrogen) atoms. The highest BCUT2D eigenvalue weighted by Crippen LogP contribution is 2.37. The molecule has 3 aromatic carbocycles. The van der Waals surface area contributed by atoms with Crippen molar-refractivity contribution in [2.24, 2.45) is 0 Å². The van der Waals surface area contributed by atoms with Gasteiger partial charge in [-0.25, -0.2) is 4.98 Å². The number of nitrogens with zero attached hydrogens (tertiary/aromatic N) is 1. The summed E-state index contributed by atoms with van der Waals surface area (Å²) < 4.78 is 12.5. The molecule has 2 N–H and O–H groups in total. The molecule has 0 saturated heterocycles. The molecule has 0 aliphatic heterocycles. The van der Waals surface area contributed by atoms with Gasteiger partial charge in [0.15, 0.2) is 11.5 Å². The number of aromatic nitrogens is 2. The number of hydrogen-bond acceptors (Lipinski definition) is 4. The van der Waals surface area contributed by atoms with Crippen molar-refractivity contribution in [3.05, 3.63) is 87.7 Å². The molecule has 0 bridgehead atoms. The molecule has 4 rings (SSSR count). The zero-order chi connectivity index (χ0) is 20.9. The van der Waals surface area contributed by atoms with E-state index in [9.17, 15) is 0 Å². The van der Waals surface area contributed by atoms with Gasteiger partial charge in [-0.2, -0.15) is 0 Å². The Labute approximate surface area is 184 Å². The third kappa shape index (κ3) is 4.66. The summed E-state index contributed by atoms with van der Waals surface area (Å²) >= 11 is 3.64. The van der Waals surface area contributed by atoms with Crippen LogP contribution in [-0.4, -0.2) is 17.1 Å². The first-order chi connectivity index (χ1) is 14.6. The van der Waals surface area contributed by atoms with Gasteiger partial charge >= 0.3 is 0 Å². The maximum atomic E-state index is 6.08. The molecule has 5 nitrogen and oxygen atoms in total. The van der Waals surface area contributed by atoms with Gasteiger partial charge in [0.1, 0.15) is 12.4 Å². The number of methoxy groups -OCH3 is 1. The third-order valence-electron chi connectivity index (χ3n) is 4.98. The third-order valence-corrected chi connectivity index (χ3v) is 5.57. The monoisotopic (exact) mass is 465 g/mol. The summed E-state index contributed by atoms with van der Waals surface area (Å²) in [4.78, 5) is 7.93. The summed E-state index contributed by atoms with van der Waals surface area (Å²) in [6, 6.07) is 20.3. The van der Waals surface area contributed by atoms with Crippen molar-refractivity contribution in [1.82, 2.24) is 15.3 Å². The van der Waals surface area contributed by atoms with Crippen molar-refractivity contribution in [3.63, 3.8) is 0 Å². The van der Waals surface area contributed by atoms with Gasteiger partial charge in [0.2, 0.25) is 0 Å². The average molecular weight is 466 g/mol. The normalized spacial score (nSPS) is 11.0. The fraction of sp³-hybridized carbons (Fsp3) is 0.208. The quantitative estimate of drug-likeness (QED) is 0.360. The number of rotatable bonds is 8. The Balaban J connectivity index is 1.41. The summed E-state index contributed by atoms with van der Waals surface area (Å²) in [5.74, 6) is 2.33. The predicted molar refractivity (Wildman–Crippen MR) is 123 cm³/mol. The van der Waals surface area contributed by atoms with E-state index in [-0.39, 0.29) is 0 Å². The standard InChI is InChI=1S/C24H24BrN3O2/c1-16-7-3-4-8-18(16)15-30-24-19(25)11-17(12-22(24)29-2)13-26-14-23-27-20-9-5-6-10-21(20)28-23/h3-12,26H,13-15H2,1-2H3,(H,27,28). The lowest BCUT2D eigenvalue weighted by Gasteiger charge is -2.15. The van der Waals surface area contributed by atoms with Crippen LogP contribution in [0, 0.1) is 6.92 Å². The summed E-state index contributed by atoms with van der Waals surface area (Å²) in [5, 5.41) is 3.43. The Kier molecular flexibility index (Phi) is 6.35. The van der Waals surface area contributed by atoms with Crippen LogP contribution in [0.5, 0.6) is 11.5 Å².